The summed E-state index contributed by atoms with van der Waals surface area (Å²) in [6.07, 6.45) is 1.68. The summed E-state index contributed by atoms with van der Waals surface area (Å²) in [5, 5.41) is 16.5. The van der Waals surface area contributed by atoms with Gasteiger partial charge in [0.25, 0.3) is 0 Å². The highest BCUT2D eigenvalue weighted by molar-refractivity contribution is 5.92. The summed E-state index contributed by atoms with van der Waals surface area (Å²) in [6, 6.07) is 4.96. The van der Waals surface area contributed by atoms with Crippen LogP contribution in [0.4, 0.5) is 21.2 Å². The van der Waals surface area contributed by atoms with Crippen LogP contribution in [0.3, 0.4) is 0 Å². The number of H-pyrrole nitrogens is 1. The average molecular weight is 414 g/mol. The molecule has 156 valence electrons. The van der Waals surface area contributed by atoms with Crippen molar-refractivity contribution in [1.82, 2.24) is 25.6 Å². The maximum atomic E-state index is 12.0. The molecule has 13 heteroatoms. The van der Waals surface area contributed by atoms with Gasteiger partial charge in [0, 0.05) is 11.9 Å². The number of hydrogen-bond donors (Lipinski definition) is 7. The van der Waals surface area contributed by atoms with Crippen LogP contribution in [-0.4, -0.2) is 50.7 Å². The third-order valence-electron chi connectivity index (χ3n) is 3.81. The number of hydrogen-bond acceptors (Lipinski definition) is 7. The summed E-state index contributed by atoms with van der Waals surface area (Å²) in [5.74, 6) is -0.587. The van der Waals surface area contributed by atoms with Crippen LogP contribution in [0.15, 0.2) is 36.5 Å². The molecule has 30 heavy (non-hydrogen) atoms. The number of nitrogens with two attached hydrogens (primary N) is 2. The quantitative estimate of drug-likeness (QED) is 0.290. The van der Waals surface area contributed by atoms with Gasteiger partial charge in [-0.05, 0) is 30.3 Å². The lowest BCUT2D eigenvalue weighted by atomic mass is 10.3. The molecule has 9 N–H and O–H groups in total. The maximum Gasteiger partial charge on any atom is 0.328 e. The summed E-state index contributed by atoms with van der Waals surface area (Å²) >= 11 is 0. The second kappa shape index (κ2) is 8.64. The molecule has 2 heterocycles. The standard InChI is InChI=1S/C17H18N8O5/c18-15-24-12-10(5-6-20-12)13(25-15)30-9-3-1-8(2-4-9)22-17(29)23-11(14(26)27)7-21-16(19)28/h1-6,11H,7H2,(H,26,27)(H3,19,21,28)(H2,22,23,29)(H3,18,20,24,25)/t11-/m0/s1. The van der Waals surface area contributed by atoms with Crippen LogP contribution < -0.4 is 32.2 Å². The molecule has 0 unspecified atom stereocenters. The van der Waals surface area contributed by atoms with E-state index < -0.39 is 24.1 Å². The van der Waals surface area contributed by atoms with Crippen LogP contribution in [-0.2, 0) is 4.79 Å². The van der Waals surface area contributed by atoms with Gasteiger partial charge in [-0.25, -0.2) is 14.4 Å². The molecule has 1 aromatic carbocycles. The van der Waals surface area contributed by atoms with Crippen molar-refractivity contribution in [2.24, 2.45) is 5.73 Å². The van der Waals surface area contributed by atoms with Crippen LogP contribution in [0.2, 0.25) is 0 Å². The molecule has 4 amide bonds. The molecule has 0 saturated carbocycles. The third-order valence-corrected chi connectivity index (χ3v) is 3.81. The zero-order valence-electron chi connectivity index (χ0n) is 15.4. The third kappa shape index (κ3) is 5.03. The first-order valence-corrected chi connectivity index (χ1v) is 8.54. The lowest BCUT2D eigenvalue weighted by Gasteiger charge is -2.15. The number of amides is 4. The Morgan fingerprint density at radius 1 is 1.17 bits per heavy atom. The van der Waals surface area contributed by atoms with Gasteiger partial charge in [0.05, 0.1) is 11.9 Å². The molecule has 3 rings (SSSR count). The Bertz CT molecular complexity index is 1080. The minimum Gasteiger partial charge on any atom is -0.480 e. The fraction of sp³-hybridized carbons (Fsp3) is 0.118. The molecular weight excluding hydrogens is 396 g/mol. The highest BCUT2D eigenvalue weighted by atomic mass is 16.5. The number of nitrogen functional groups attached to an aromatic ring is 1. The normalized spacial score (nSPS) is 11.5. The number of aromatic amines is 1. The fourth-order valence-corrected chi connectivity index (χ4v) is 2.45. The number of nitrogens with zero attached hydrogens (tertiary/aromatic N) is 2. The van der Waals surface area contributed by atoms with Gasteiger partial charge in [0.2, 0.25) is 11.8 Å². The number of ether oxygens (including phenoxy) is 1. The van der Waals surface area contributed by atoms with Gasteiger partial charge in [-0.2, -0.15) is 9.97 Å². The topological polar surface area (TPSA) is 210 Å². The Morgan fingerprint density at radius 2 is 1.90 bits per heavy atom. The van der Waals surface area contributed by atoms with E-state index >= 15 is 0 Å². The van der Waals surface area contributed by atoms with E-state index in [2.05, 4.69) is 30.9 Å². The number of fused-ring (bicyclic) bond motifs is 1. The number of aliphatic carboxylic acids is 1. The SMILES string of the molecule is NC(=O)NC[C@H](NC(=O)Nc1ccc(Oc2nc(N)nc3[nH]ccc23)cc1)C(=O)O. The number of nitrogens with one attached hydrogen (secondary N) is 4. The van der Waals surface area contributed by atoms with Gasteiger partial charge < -0.3 is 42.2 Å². The molecule has 1 atom stereocenters. The zero-order valence-corrected chi connectivity index (χ0v) is 15.4. The van der Waals surface area contributed by atoms with E-state index in [0.717, 1.165) is 0 Å². The van der Waals surface area contributed by atoms with Crippen molar-refractivity contribution in [3.8, 4) is 11.6 Å². The predicted octanol–water partition coefficient (Wildman–Crippen LogP) is 0.575. The van der Waals surface area contributed by atoms with Gasteiger partial charge in [0.15, 0.2) is 0 Å². The van der Waals surface area contributed by atoms with Crippen molar-refractivity contribution in [2.45, 2.75) is 6.04 Å². The molecule has 13 nitrogen and oxygen atoms in total. The van der Waals surface area contributed by atoms with Gasteiger partial charge in [-0.1, -0.05) is 0 Å². The molecule has 0 aliphatic rings. The Kier molecular flexibility index (Phi) is 5.81. The number of anilines is 2. The van der Waals surface area contributed by atoms with Gasteiger partial charge in [-0.15, -0.1) is 0 Å². The van der Waals surface area contributed by atoms with E-state index in [0.29, 0.717) is 22.5 Å². The van der Waals surface area contributed by atoms with Gasteiger partial charge in [-0.3, -0.25) is 0 Å². The molecule has 0 aliphatic heterocycles. The highest BCUT2D eigenvalue weighted by Gasteiger charge is 2.20. The smallest absolute Gasteiger partial charge is 0.328 e. The van der Waals surface area contributed by atoms with Crippen molar-refractivity contribution in [3.63, 3.8) is 0 Å². The van der Waals surface area contributed by atoms with E-state index in [1.807, 2.05) is 0 Å². The number of urea groups is 2. The van der Waals surface area contributed by atoms with Crippen molar-refractivity contribution in [1.29, 1.82) is 0 Å². The monoisotopic (exact) mass is 414 g/mol. The van der Waals surface area contributed by atoms with E-state index in [-0.39, 0.29) is 18.4 Å². The molecule has 3 aromatic rings. The first kappa shape index (κ1) is 20.2. The number of rotatable bonds is 7. The number of benzene rings is 1. The largest absolute Gasteiger partial charge is 0.480 e. The summed E-state index contributed by atoms with van der Waals surface area (Å²) in [7, 11) is 0. The molecule has 0 fully saturated rings. The Balaban J connectivity index is 1.62. The Hall–Kier alpha value is -4.55. The fourth-order valence-electron chi connectivity index (χ4n) is 2.45. The summed E-state index contributed by atoms with van der Waals surface area (Å²) in [5.41, 5.74) is 11.5. The highest BCUT2D eigenvalue weighted by Crippen LogP contribution is 2.28. The zero-order chi connectivity index (χ0) is 21.7. The van der Waals surface area contributed by atoms with Gasteiger partial charge in [0.1, 0.15) is 17.4 Å². The number of carbonyl (C=O) groups is 3. The number of primary amides is 1. The number of aromatic nitrogens is 3. The second-order valence-corrected chi connectivity index (χ2v) is 5.99. The minimum absolute atomic E-state index is 0.0497. The van der Waals surface area contributed by atoms with Crippen molar-refractivity contribution >= 4 is 40.7 Å². The van der Waals surface area contributed by atoms with Crippen LogP contribution >= 0.6 is 0 Å². The lowest BCUT2D eigenvalue weighted by Crippen LogP contribution is -2.50. The molecular formula is C17H18N8O5. The number of carbonyl (C=O) groups excluding carboxylic acids is 2. The Morgan fingerprint density at radius 3 is 2.57 bits per heavy atom. The number of carboxylic acid groups (broad SMARTS) is 1. The predicted molar refractivity (Wildman–Crippen MR) is 106 cm³/mol. The van der Waals surface area contributed by atoms with Crippen molar-refractivity contribution in [3.05, 3.63) is 36.5 Å². The molecule has 2 aromatic heterocycles. The average Bonchev–Trinajstić information content (AvgIpc) is 3.15. The molecule has 0 radical (unpaired) electrons. The van der Waals surface area contributed by atoms with Crippen LogP contribution in [0, 0.1) is 0 Å². The van der Waals surface area contributed by atoms with Crippen molar-refractivity contribution < 1.29 is 24.2 Å². The van der Waals surface area contributed by atoms with E-state index in [1.165, 1.54) is 0 Å². The first-order valence-electron chi connectivity index (χ1n) is 8.54. The molecule has 0 saturated heterocycles. The van der Waals surface area contributed by atoms with Crippen LogP contribution in [0.5, 0.6) is 11.6 Å². The summed E-state index contributed by atoms with van der Waals surface area (Å²) < 4.78 is 5.73. The maximum absolute atomic E-state index is 12.0. The molecule has 0 aliphatic carbocycles. The molecule has 0 spiro atoms. The lowest BCUT2D eigenvalue weighted by molar-refractivity contribution is -0.138. The van der Waals surface area contributed by atoms with E-state index in [9.17, 15) is 14.4 Å². The Labute approximate surface area is 168 Å². The van der Waals surface area contributed by atoms with Crippen LogP contribution in [0.1, 0.15) is 0 Å². The molecule has 0 bridgehead atoms. The second-order valence-electron chi connectivity index (χ2n) is 5.99. The minimum atomic E-state index is -1.35. The van der Waals surface area contributed by atoms with Crippen LogP contribution in [0.25, 0.3) is 11.0 Å². The van der Waals surface area contributed by atoms with E-state index in [1.54, 1.807) is 36.5 Å². The van der Waals surface area contributed by atoms with Crippen molar-refractivity contribution in [2.75, 3.05) is 17.6 Å². The number of carboxylic acids is 1. The first-order chi connectivity index (χ1) is 14.3. The van der Waals surface area contributed by atoms with Gasteiger partial charge >= 0.3 is 18.0 Å². The summed E-state index contributed by atoms with van der Waals surface area (Å²) in [4.78, 5) is 44.9. The van der Waals surface area contributed by atoms with E-state index in [4.69, 9.17) is 21.3 Å². The summed E-state index contributed by atoms with van der Waals surface area (Å²) in [6.45, 7) is -0.361.